The van der Waals surface area contributed by atoms with E-state index < -0.39 is 0 Å². The van der Waals surface area contributed by atoms with E-state index in [1.54, 1.807) is 0 Å². The summed E-state index contributed by atoms with van der Waals surface area (Å²) in [5, 5.41) is 0. The summed E-state index contributed by atoms with van der Waals surface area (Å²) in [6.07, 6.45) is 0. The van der Waals surface area contributed by atoms with Crippen molar-refractivity contribution in [2.75, 3.05) is 5.73 Å². The first-order valence-electron chi connectivity index (χ1n) is 4.11. The van der Waals surface area contributed by atoms with E-state index in [9.17, 15) is 0 Å². The SMILES string of the molecule is Nc1ccc[c]c1-c1[c]cccc1. The van der Waals surface area contributed by atoms with Gasteiger partial charge in [-0.3, -0.25) is 0 Å². The van der Waals surface area contributed by atoms with Crippen LogP contribution in [0.15, 0.2) is 42.5 Å². The lowest BCUT2D eigenvalue weighted by atomic mass is 10.0. The van der Waals surface area contributed by atoms with Gasteiger partial charge in [-0.15, -0.1) is 0 Å². The lowest BCUT2D eigenvalue weighted by Gasteiger charge is -2.02. The second-order valence-electron chi connectivity index (χ2n) is 2.78. The standard InChI is InChI=1S/C12H9N/c13-12-9-5-4-8-11(12)10-6-2-1-3-7-10/h1-6,9H,13H2. The van der Waals surface area contributed by atoms with Gasteiger partial charge >= 0.3 is 0 Å². The molecule has 0 saturated carbocycles. The molecule has 2 radical (unpaired) electrons. The molecule has 0 heterocycles. The van der Waals surface area contributed by atoms with E-state index in [1.165, 1.54) is 0 Å². The maximum Gasteiger partial charge on any atom is 0.0400 e. The molecule has 0 bridgehead atoms. The lowest BCUT2D eigenvalue weighted by molar-refractivity contribution is 1.59. The summed E-state index contributed by atoms with van der Waals surface area (Å²) in [5.41, 5.74) is 8.45. The molecule has 2 aromatic carbocycles. The van der Waals surface area contributed by atoms with Crippen LogP contribution in [-0.2, 0) is 0 Å². The Kier molecular flexibility index (Phi) is 2.01. The maximum atomic E-state index is 5.80. The van der Waals surface area contributed by atoms with Crippen LogP contribution in [0.3, 0.4) is 0 Å². The molecule has 0 amide bonds. The zero-order valence-corrected chi connectivity index (χ0v) is 7.12. The summed E-state index contributed by atoms with van der Waals surface area (Å²) in [4.78, 5) is 0. The van der Waals surface area contributed by atoms with Crippen molar-refractivity contribution < 1.29 is 0 Å². The number of hydrogen-bond acceptors (Lipinski definition) is 1. The quantitative estimate of drug-likeness (QED) is 0.649. The molecule has 62 valence electrons. The Morgan fingerprint density at radius 1 is 0.923 bits per heavy atom. The van der Waals surface area contributed by atoms with Crippen LogP contribution in [0.2, 0.25) is 0 Å². The summed E-state index contributed by atoms with van der Waals surface area (Å²) in [7, 11) is 0. The topological polar surface area (TPSA) is 26.0 Å². The molecule has 0 unspecified atom stereocenters. The predicted molar refractivity (Wildman–Crippen MR) is 54.0 cm³/mol. The van der Waals surface area contributed by atoms with Crippen molar-refractivity contribution in [2.45, 2.75) is 0 Å². The van der Waals surface area contributed by atoms with Gasteiger partial charge in [0.05, 0.1) is 0 Å². The van der Waals surface area contributed by atoms with Gasteiger partial charge in [0.1, 0.15) is 0 Å². The van der Waals surface area contributed by atoms with E-state index in [0.717, 1.165) is 16.8 Å². The van der Waals surface area contributed by atoms with Gasteiger partial charge in [0, 0.05) is 11.3 Å². The van der Waals surface area contributed by atoms with Crippen LogP contribution >= 0.6 is 0 Å². The van der Waals surface area contributed by atoms with Gasteiger partial charge in [-0.05, 0) is 23.8 Å². The molecular formula is C12H9N. The third kappa shape index (κ3) is 1.54. The van der Waals surface area contributed by atoms with Gasteiger partial charge in [0.2, 0.25) is 0 Å². The van der Waals surface area contributed by atoms with E-state index in [-0.39, 0.29) is 0 Å². The first-order valence-corrected chi connectivity index (χ1v) is 4.11. The third-order valence-electron chi connectivity index (χ3n) is 1.87. The number of benzene rings is 2. The fourth-order valence-electron chi connectivity index (χ4n) is 1.23. The zero-order chi connectivity index (χ0) is 9.10. The molecule has 0 aromatic heterocycles. The molecule has 0 fully saturated rings. The van der Waals surface area contributed by atoms with E-state index in [2.05, 4.69) is 12.1 Å². The highest BCUT2D eigenvalue weighted by molar-refractivity contribution is 5.74. The van der Waals surface area contributed by atoms with Crippen molar-refractivity contribution in [3.63, 3.8) is 0 Å². The molecule has 0 saturated heterocycles. The van der Waals surface area contributed by atoms with Gasteiger partial charge < -0.3 is 5.73 Å². The largest absolute Gasteiger partial charge is 0.398 e. The van der Waals surface area contributed by atoms with Gasteiger partial charge in [-0.1, -0.05) is 36.4 Å². The molecule has 1 nitrogen and oxygen atoms in total. The predicted octanol–water partition coefficient (Wildman–Crippen LogP) is 2.54. The second kappa shape index (κ2) is 3.31. The number of anilines is 1. The molecule has 0 aliphatic rings. The fraction of sp³-hybridized carbons (Fsp3) is 0. The molecule has 1 heteroatoms. The van der Waals surface area contributed by atoms with Crippen molar-refractivity contribution >= 4 is 5.69 Å². The van der Waals surface area contributed by atoms with E-state index >= 15 is 0 Å². The highest BCUT2D eigenvalue weighted by atomic mass is 14.6. The Labute approximate surface area is 77.8 Å². The third-order valence-corrected chi connectivity index (χ3v) is 1.87. The number of nitrogens with two attached hydrogens (primary N) is 1. The molecule has 0 aliphatic heterocycles. The summed E-state index contributed by atoms with van der Waals surface area (Å²) in [5.74, 6) is 0. The van der Waals surface area contributed by atoms with Gasteiger partial charge in [0.25, 0.3) is 0 Å². The Morgan fingerprint density at radius 3 is 2.46 bits per heavy atom. The first-order chi connectivity index (χ1) is 6.38. The molecule has 0 atom stereocenters. The van der Waals surface area contributed by atoms with Crippen molar-refractivity contribution in [2.24, 2.45) is 0 Å². The van der Waals surface area contributed by atoms with Crippen LogP contribution in [0.5, 0.6) is 0 Å². The first kappa shape index (κ1) is 7.87. The van der Waals surface area contributed by atoms with Crippen molar-refractivity contribution in [1.82, 2.24) is 0 Å². The minimum atomic E-state index is 0.741. The summed E-state index contributed by atoms with van der Waals surface area (Å²) >= 11 is 0. The Balaban J connectivity index is 2.54. The second-order valence-corrected chi connectivity index (χ2v) is 2.78. The Hall–Kier alpha value is -1.76. The van der Waals surface area contributed by atoms with E-state index in [1.807, 2.05) is 42.5 Å². The molecule has 2 aromatic rings. The summed E-state index contributed by atoms with van der Waals surface area (Å²) < 4.78 is 0. The molecule has 2 N–H and O–H groups in total. The molecule has 0 spiro atoms. The maximum absolute atomic E-state index is 5.80. The Morgan fingerprint density at radius 2 is 1.77 bits per heavy atom. The molecule has 13 heavy (non-hydrogen) atoms. The summed E-state index contributed by atoms with van der Waals surface area (Å²) in [6, 6.07) is 19.6. The van der Waals surface area contributed by atoms with Crippen molar-refractivity contribution in [3.8, 4) is 11.1 Å². The average molecular weight is 167 g/mol. The molecular weight excluding hydrogens is 158 g/mol. The van der Waals surface area contributed by atoms with Gasteiger partial charge in [0.15, 0.2) is 0 Å². The number of rotatable bonds is 1. The smallest absolute Gasteiger partial charge is 0.0400 e. The normalized spacial score (nSPS) is 9.85. The molecule has 2 rings (SSSR count). The van der Waals surface area contributed by atoms with Crippen molar-refractivity contribution in [1.29, 1.82) is 0 Å². The minimum Gasteiger partial charge on any atom is -0.398 e. The monoisotopic (exact) mass is 167 g/mol. The van der Waals surface area contributed by atoms with Crippen LogP contribution in [0.25, 0.3) is 11.1 Å². The van der Waals surface area contributed by atoms with Crippen LogP contribution in [0.1, 0.15) is 0 Å². The van der Waals surface area contributed by atoms with E-state index in [0.29, 0.717) is 0 Å². The number of nitrogen functional groups attached to an aromatic ring is 1. The van der Waals surface area contributed by atoms with Crippen LogP contribution < -0.4 is 5.73 Å². The van der Waals surface area contributed by atoms with Crippen LogP contribution in [0, 0.1) is 12.1 Å². The van der Waals surface area contributed by atoms with Crippen LogP contribution in [-0.4, -0.2) is 0 Å². The summed E-state index contributed by atoms with van der Waals surface area (Å²) in [6.45, 7) is 0. The van der Waals surface area contributed by atoms with Gasteiger partial charge in [-0.2, -0.15) is 0 Å². The average Bonchev–Trinajstić information content (AvgIpc) is 2.20. The highest BCUT2D eigenvalue weighted by Gasteiger charge is 1.99. The van der Waals surface area contributed by atoms with Crippen LogP contribution in [0.4, 0.5) is 5.69 Å². The van der Waals surface area contributed by atoms with Gasteiger partial charge in [-0.25, -0.2) is 0 Å². The number of hydrogen-bond donors (Lipinski definition) is 1. The fourth-order valence-corrected chi connectivity index (χ4v) is 1.23. The van der Waals surface area contributed by atoms with E-state index in [4.69, 9.17) is 5.73 Å². The Bertz CT molecular complexity index is 393. The lowest BCUT2D eigenvalue weighted by Crippen LogP contribution is -1.88. The zero-order valence-electron chi connectivity index (χ0n) is 7.12. The molecule has 0 aliphatic carbocycles. The van der Waals surface area contributed by atoms with Crippen molar-refractivity contribution in [3.05, 3.63) is 54.6 Å². The highest BCUT2D eigenvalue weighted by Crippen LogP contribution is 2.23. The minimum absolute atomic E-state index is 0.741.